The lowest BCUT2D eigenvalue weighted by atomic mass is 9.96. The smallest absolute Gasteiger partial charge is 0.0900 e. The van der Waals surface area contributed by atoms with Crippen molar-refractivity contribution in [3.8, 4) is 0 Å². The number of thiazole rings is 1. The van der Waals surface area contributed by atoms with E-state index in [1.165, 1.54) is 21.6 Å². The van der Waals surface area contributed by atoms with Crippen LogP contribution >= 0.6 is 11.3 Å². The van der Waals surface area contributed by atoms with E-state index in [1.807, 2.05) is 13.8 Å². The zero-order chi connectivity index (χ0) is 13.3. The van der Waals surface area contributed by atoms with Crippen molar-refractivity contribution < 1.29 is 0 Å². The number of hydrazine groups is 1. The highest BCUT2D eigenvalue weighted by atomic mass is 32.1. The number of nitrogens with one attached hydrogen (secondary N) is 1. The van der Waals surface area contributed by atoms with Crippen molar-refractivity contribution in [2.24, 2.45) is 5.84 Å². The molecule has 2 aromatic rings. The van der Waals surface area contributed by atoms with Gasteiger partial charge in [-0.2, -0.15) is 0 Å². The molecule has 0 amide bonds. The molecular formula is C14H19N3S. The Labute approximate surface area is 112 Å². The second-order valence-electron chi connectivity index (χ2n) is 4.57. The van der Waals surface area contributed by atoms with Gasteiger partial charge in [-0.3, -0.25) is 5.84 Å². The van der Waals surface area contributed by atoms with Crippen LogP contribution in [-0.4, -0.2) is 4.98 Å². The number of nitrogens with zero attached hydrogens (tertiary/aromatic N) is 1. The summed E-state index contributed by atoms with van der Waals surface area (Å²) in [5.41, 5.74) is 7.78. The van der Waals surface area contributed by atoms with Crippen LogP contribution in [0.2, 0.25) is 0 Å². The molecule has 18 heavy (non-hydrogen) atoms. The van der Waals surface area contributed by atoms with E-state index in [-0.39, 0.29) is 6.04 Å². The normalized spacial score (nSPS) is 12.7. The van der Waals surface area contributed by atoms with E-state index in [4.69, 9.17) is 5.84 Å². The number of aryl methyl sites for hydroxylation is 3. The molecule has 2 rings (SSSR count). The first kappa shape index (κ1) is 13.2. The summed E-state index contributed by atoms with van der Waals surface area (Å²) in [6, 6.07) is 6.35. The molecule has 0 saturated carbocycles. The third-order valence-corrected chi connectivity index (χ3v) is 4.46. The monoisotopic (exact) mass is 261 g/mol. The number of nitrogens with two attached hydrogens (primary N) is 1. The first-order valence-electron chi connectivity index (χ1n) is 6.00. The molecule has 0 radical (unpaired) electrons. The Bertz CT molecular complexity index is 560. The van der Waals surface area contributed by atoms with Crippen LogP contribution in [0.5, 0.6) is 0 Å². The van der Waals surface area contributed by atoms with Gasteiger partial charge in [0.05, 0.1) is 21.6 Å². The fraction of sp³-hybridized carbons (Fsp3) is 0.357. The molecule has 1 heterocycles. The van der Waals surface area contributed by atoms with Gasteiger partial charge in [0.25, 0.3) is 0 Å². The summed E-state index contributed by atoms with van der Waals surface area (Å²) < 4.78 is 0. The number of rotatable bonds is 3. The lowest BCUT2D eigenvalue weighted by Crippen LogP contribution is -2.29. The average Bonchev–Trinajstić information content (AvgIpc) is 2.65. The van der Waals surface area contributed by atoms with Crippen molar-refractivity contribution >= 4 is 11.3 Å². The fourth-order valence-corrected chi connectivity index (χ4v) is 3.22. The average molecular weight is 261 g/mol. The van der Waals surface area contributed by atoms with E-state index in [2.05, 4.69) is 42.5 Å². The summed E-state index contributed by atoms with van der Waals surface area (Å²) in [6.45, 7) is 8.32. The molecule has 0 aliphatic carbocycles. The van der Waals surface area contributed by atoms with Crippen LogP contribution in [-0.2, 0) is 0 Å². The van der Waals surface area contributed by atoms with Crippen molar-refractivity contribution in [2.75, 3.05) is 0 Å². The lowest BCUT2D eigenvalue weighted by molar-refractivity contribution is 0.638. The van der Waals surface area contributed by atoms with Crippen LogP contribution in [0.25, 0.3) is 0 Å². The minimum atomic E-state index is 0.0242. The van der Waals surface area contributed by atoms with Gasteiger partial charge in [-0.15, -0.1) is 11.3 Å². The highest BCUT2D eigenvalue weighted by molar-refractivity contribution is 7.11. The van der Waals surface area contributed by atoms with Gasteiger partial charge in [0.15, 0.2) is 0 Å². The molecule has 1 atom stereocenters. The van der Waals surface area contributed by atoms with Gasteiger partial charge in [0.1, 0.15) is 0 Å². The van der Waals surface area contributed by atoms with Crippen LogP contribution < -0.4 is 11.3 Å². The molecule has 0 fully saturated rings. The Morgan fingerprint density at radius 1 is 1.22 bits per heavy atom. The summed E-state index contributed by atoms with van der Waals surface area (Å²) in [7, 11) is 0. The van der Waals surface area contributed by atoms with E-state index >= 15 is 0 Å². The van der Waals surface area contributed by atoms with Crippen molar-refractivity contribution in [3.63, 3.8) is 0 Å². The van der Waals surface area contributed by atoms with Crippen LogP contribution in [0.15, 0.2) is 18.2 Å². The van der Waals surface area contributed by atoms with Gasteiger partial charge in [0, 0.05) is 0 Å². The van der Waals surface area contributed by atoms with E-state index in [1.54, 1.807) is 11.3 Å². The summed E-state index contributed by atoms with van der Waals surface area (Å²) in [4.78, 5) is 5.68. The Hall–Kier alpha value is -1.23. The van der Waals surface area contributed by atoms with Gasteiger partial charge in [-0.25, -0.2) is 10.4 Å². The van der Waals surface area contributed by atoms with Gasteiger partial charge in [-0.05, 0) is 44.4 Å². The number of hydrogen-bond donors (Lipinski definition) is 2. The maximum atomic E-state index is 5.76. The maximum absolute atomic E-state index is 5.76. The summed E-state index contributed by atoms with van der Waals surface area (Å²) in [5, 5.41) is 1.08. The molecule has 1 unspecified atom stereocenters. The van der Waals surface area contributed by atoms with Crippen LogP contribution in [0.4, 0.5) is 0 Å². The van der Waals surface area contributed by atoms with E-state index in [0.29, 0.717) is 0 Å². The first-order chi connectivity index (χ1) is 8.54. The van der Waals surface area contributed by atoms with E-state index in [9.17, 15) is 0 Å². The van der Waals surface area contributed by atoms with Crippen molar-refractivity contribution in [1.82, 2.24) is 10.4 Å². The number of aromatic nitrogens is 1. The number of hydrogen-bond acceptors (Lipinski definition) is 4. The Kier molecular flexibility index (Phi) is 3.80. The molecule has 4 heteroatoms. The zero-order valence-electron chi connectivity index (χ0n) is 11.2. The molecule has 3 nitrogen and oxygen atoms in total. The Morgan fingerprint density at radius 3 is 2.50 bits per heavy atom. The standard InChI is InChI=1S/C14H19N3S/c1-8-6-5-7-12(9(8)2)13(17-15)14-10(3)16-11(4)18-14/h5-7,13,17H,15H2,1-4H3. The Balaban J connectivity index is 2.52. The number of benzene rings is 1. The molecule has 0 bridgehead atoms. The molecule has 0 aliphatic rings. The lowest BCUT2D eigenvalue weighted by Gasteiger charge is -2.19. The topological polar surface area (TPSA) is 50.9 Å². The molecule has 96 valence electrons. The van der Waals surface area contributed by atoms with Crippen LogP contribution in [0, 0.1) is 27.7 Å². The summed E-state index contributed by atoms with van der Waals surface area (Å²) in [5.74, 6) is 5.76. The largest absolute Gasteiger partial charge is 0.271 e. The molecule has 0 aliphatic heterocycles. The maximum Gasteiger partial charge on any atom is 0.0900 e. The predicted molar refractivity (Wildman–Crippen MR) is 76.7 cm³/mol. The third kappa shape index (κ3) is 2.32. The van der Waals surface area contributed by atoms with Gasteiger partial charge in [0.2, 0.25) is 0 Å². The van der Waals surface area contributed by atoms with Crippen molar-refractivity contribution in [3.05, 3.63) is 50.5 Å². The Morgan fingerprint density at radius 2 is 1.94 bits per heavy atom. The van der Waals surface area contributed by atoms with E-state index < -0.39 is 0 Å². The van der Waals surface area contributed by atoms with Crippen molar-refractivity contribution in [1.29, 1.82) is 0 Å². The van der Waals surface area contributed by atoms with Crippen LogP contribution in [0.1, 0.15) is 38.3 Å². The molecule has 0 saturated heterocycles. The van der Waals surface area contributed by atoms with Gasteiger partial charge >= 0.3 is 0 Å². The second-order valence-corrected chi connectivity index (χ2v) is 5.81. The minimum absolute atomic E-state index is 0.0242. The zero-order valence-corrected chi connectivity index (χ0v) is 12.1. The molecule has 1 aromatic heterocycles. The predicted octanol–water partition coefficient (Wildman–Crippen LogP) is 2.93. The molecule has 3 N–H and O–H groups in total. The minimum Gasteiger partial charge on any atom is -0.271 e. The highest BCUT2D eigenvalue weighted by Crippen LogP contribution is 2.31. The van der Waals surface area contributed by atoms with Crippen LogP contribution in [0.3, 0.4) is 0 Å². The summed E-state index contributed by atoms with van der Waals surface area (Å²) >= 11 is 1.70. The first-order valence-corrected chi connectivity index (χ1v) is 6.82. The van der Waals surface area contributed by atoms with Gasteiger partial charge in [-0.1, -0.05) is 18.2 Å². The third-order valence-electron chi connectivity index (χ3n) is 3.33. The molecule has 0 spiro atoms. The van der Waals surface area contributed by atoms with E-state index in [0.717, 1.165) is 10.7 Å². The van der Waals surface area contributed by atoms with Gasteiger partial charge < -0.3 is 0 Å². The van der Waals surface area contributed by atoms with Crippen molar-refractivity contribution in [2.45, 2.75) is 33.7 Å². The summed E-state index contributed by atoms with van der Waals surface area (Å²) in [6.07, 6.45) is 0. The molecular weight excluding hydrogens is 242 g/mol. The highest BCUT2D eigenvalue weighted by Gasteiger charge is 2.20. The second kappa shape index (κ2) is 5.18. The SMILES string of the molecule is Cc1nc(C)c(C(NN)c2cccc(C)c2C)s1. The fourth-order valence-electron chi connectivity index (χ4n) is 2.21. The molecule has 1 aromatic carbocycles. The quantitative estimate of drug-likeness (QED) is 0.660.